The van der Waals surface area contributed by atoms with Crippen LogP contribution in [0.1, 0.15) is 27.0 Å². The number of hydrogen-bond acceptors (Lipinski definition) is 6. The summed E-state index contributed by atoms with van der Waals surface area (Å²) in [6, 6.07) is 21.8. The maximum atomic E-state index is 14.2. The Morgan fingerprint density at radius 2 is 1.69 bits per heavy atom. The minimum atomic E-state index is -0.900. The van der Waals surface area contributed by atoms with Crippen molar-refractivity contribution in [1.29, 1.82) is 0 Å². The lowest BCUT2D eigenvalue weighted by Crippen LogP contribution is -2.76. The van der Waals surface area contributed by atoms with Crippen LogP contribution in [-0.4, -0.2) is 99.5 Å². The van der Waals surface area contributed by atoms with Crippen LogP contribution in [-0.2, 0) is 29.1 Å². The zero-order valence-electron chi connectivity index (χ0n) is 25.5. The molecule has 234 valence electrons. The third-order valence-electron chi connectivity index (χ3n) is 7.98. The first-order valence-electron chi connectivity index (χ1n) is 14.8. The first-order valence-corrected chi connectivity index (χ1v) is 14.8. The standard InChI is InChI=1S/C34H38N6O5/c1-4-17-38-23-31(42)39-29(19-24-13-15-28(41)16-14-24)33(44)37(21-26-11-8-12-27(18-26)32(43)36(2)3)22-30(39)40(38)34(45)35-20-25-9-6-5-7-10-25/h4-16,18,29-30,41H,1,17,19-23H2,2-3H3,(H,35,45)/t29-,30-/m0/s1. The van der Waals surface area contributed by atoms with Crippen molar-refractivity contribution in [2.45, 2.75) is 31.7 Å². The summed E-state index contributed by atoms with van der Waals surface area (Å²) in [6.07, 6.45) is 1.03. The zero-order valence-corrected chi connectivity index (χ0v) is 25.5. The number of carbonyl (C=O) groups is 4. The van der Waals surface area contributed by atoms with Crippen molar-refractivity contribution >= 4 is 23.8 Å². The van der Waals surface area contributed by atoms with Gasteiger partial charge in [0, 0.05) is 45.7 Å². The number of hydrazine groups is 1. The summed E-state index contributed by atoms with van der Waals surface area (Å²) < 4.78 is 0. The Balaban J connectivity index is 1.50. The lowest BCUT2D eigenvalue weighted by molar-refractivity contribution is -0.189. The predicted octanol–water partition coefficient (Wildman–Crippen LogP) is 2.83. The molecule has 3 aromatic carbocycles. The average molecular weight is 611 g/mol. The van der Waals surface area contributed by atoms with Crippen LogP contribution in [0.2, 0.25) is 0 Å². The van der Waals surface area contributed by atoms with Crippen LogP contribution in [0, 0.1) is 0 Å². The fourth-order valence-corrected chi connectivity index (χ4v) is 5.83. The fraction of sp³-hybridized carbons (Fsp3) is 0.294. The number of phenolic OH excluding ortho intramolecular Hbond substituents is 1. The van der Waals surface area contributed by atoms with Gasteiger partial charge in [0.05, 0.1) is 13.1 Å². The molecule has 2 aliphatic heterocycles. The van der Waals surface area contributed by atoms with Gasteiger partial charge in [0.1, 0.15) is 18.0 Å². The Bertz CT molecular complexity index is 1560. The van der Waals surface area contributed by atoms with Crippen LogP contribution in [0.3, 0.4) is 0 Å². The molecule has 3 aromatic rings. The quantitative estimate of drug-likeness (QED) is 0.360. The van der Waals surface area contributed by atoms with Gasteiger partial charge >= 0.3 is 6.03 Å². The highest BCUT2D eigenvalue weighted by molar-refractivity contribution is 5.94. The Hall–Kier alpha value is -5.16. The Labute approximate surface area is 262 Å². The van der Waals surface area contributed by atoms with Gasteiger partial charge in [-0.25, -0.2) is 14.8 Å². The summed E-state index contributed by atoms with van der Waals surface area (Å²) in [5.74, 6) is -0.601. The van der Waals surface area contributed by atoms with Gasteiger partial charge in [-0.3, -0.25) is 14.4 Å². The Morgan fingerprint density at radius 3 is 2.38 bits per heavy atom. The summed E-state index contributed by atoms with van der Waals surface area (Å²) in [6.45, 7) is 4.50. The lowest BCUT2D eigenvalue weighted by Gasteiger charge is -2.55. The van der Waals surface area contributed by atoms with Crippen LogP contribution in [0.4, 0.5) is 4.79 Å². The maximum absolute atomic E-state index is 14.2. The van der Waals surface area contributed by atoms with Crippen molar-refractivity contribution in [3.63, 3.8) is 0 Å². The van der Waals surface area contributed by atoms with Crippen molar-refractivity contribution in [3.8, 4) is 5.75 Å². The molecule has 2 heterocycles. The van der Waals surface area contributed by atoms with E-state index < -0.39 is 18.2 Å². The number of hydrogen-bond donors (Lipinski definition) is 2. The number of amides is 5. The summed E-state index contributed by atoms with van der Waals surface area (Å²) in [4.78, 5) is 59.1. The second-order valence-electron chi connectivity index (χ2n) is 11.4. The zero-order chi connectivity index (χ0) is 32.1. The summed E-state index contributed by atoms with van der Waals surface area (Å²) >= 11 is 0. The van der Waals surface area contributed by atoms with Gasteiger partial charge < -0.3 is 25.1 Å². The number of aromatic hydroxyl groups is 1. The van der Waals surface area contributed by atoms with Gasteiger partial charge in [0.25, 0.3) is 5.91 Å². The molecule has 2 atom stereocenters. The number of rotatable bonds is 9. The number of piperazine rings is 1. The smallest absolute Gasteiger partial charge is 0.334 e. The predicted molar refractivity (Wildman–Crippen MR) is 168 cm³/mol. The molecule has 2 saturated heterocycles. The van der Waals surface area contributed by atoms with Gasteiger partial charge in [0.2, 0.25) is 11.8 Å². The molecule has 0 aromatic heterocycles. The number of fused-ring (bicyclic) bond motifs is 1. The number of benzene rings is 3. The molecule has 0 bridgehead atoms. The largest absolute Gasteiger partial charge is 0.508 e. The van der Waals surface area contributed by atoms with E-state index in [1.165, 1.54) is 26.9 Å². The fourth-order valence-electron chi connectivity index (χ4n) is 5.83. The van der Waals surface area contributed by atoms with E-state index >= 15 is 0 Å². The highest BCUT2D eigenvalue weighted by atomic mass is 16.3. The van der Waals surface area contributed by atoms with E-state index in [1.807, 2.05) is 36.4 Å². The van der Waals surface area contributed by atoms with Crippen LogP contribution in [0.15, 0.2) is 91.5 Å². The number of urea groups is 1. The van der Waals surface area contributed by atoms with Gasteiger partial charge in [-0.2, -0.15) is 0 Å². The first-order chi connectivity index (χ1) is 21.7. The number of carbonyl (C=O) groups excluding carboxylic acids is 4. The normalized spacial score (nSPS) is 18.4. The van der Waals surface area contributed by atoms with E-state index in [1.54, 1.807) is 60.4 Å². The molecular formula is C34H38N6O5. The van der Waals surface area contributed by atoms with E-state index in [0.29, 0.717) is 5.56 Å². The van der Waals surface area contributed by atoms with Crippen molar-refractivity contribution in [3.05, 3.63) is 114 Å². The van der Waals surface area contributed by atoms with Crippen LogP contribution < -0.4 is 5.32 Å². The van der Waals surface area contributed by atoms with Gasteiger partial charge in [-0.05, 0) is 41.0 Å². The monoisotopic (exact) mass is 610 g/mol. The molecule has 0 spiro atoms. The molecule has 0 aliphatic carbocycles. The van der Waals surface area contributed by atoms with Crippen LogP contribution in [0.5, 0.6) is 5.75 Å². The minimum absolute atomic E-state index is 0.0644. The molecule has 0 radical (unpaired) electrons. The maximum Gasteiger partial charge on any atom is 0.334 e. The lowest BCUT2D eigenvalue weighted by atomic mass is 9.98. The van der Waals surface area contributed by atoms with Crippen LogP contribution >= 0.6 is 0 Å². The van der Waals surface area contributed by atoms with E-state index in [4.69, 9.17) is 0 Å². The van der Waals surface area contributed by atoms with E-state index in [0.717, 1.165) is 16.7 Å². The van der Waals surface area contributed by atoms with Gasteiger partial charge in [-0.1, -0.05) is 60.7 Å². The van der Waals surface area contributed by atoms with Crippen molar-refractivity contribution in [1.82, 2.24) is 30.0 Å². The molecule has 2 aliphatic rings. The molecule has 2 N–H and O–H groups in total. The first kappa shape index (κ1) is 31.3. The Morgan fingerprint density at radius 1 is 0.978 bits per heavy atom. The Kier molecular flexibility index (Phi) is 9.48. The summed E-state index contributed by atoms with van der Waals surface area (Å²) in [7, 11) is 3.36. The van der Waals surface area contributed by atoms with Crippen LogP contribution in [0.25, 0.3) is 0 Å². The molecule has 5 rings (SSSR count). The van der Waals surface area contributed by atoms with E-state index in [-0.39, 0.29) is 62.6 Å². The van der Waals surface area contributed by atoms with Crippen molar-refractivity contribution < 1.29 is 24.3 Å². The molecule has 11 heteroatoms. The molecule has 45 heavy (non-hydrogen) atoms. The second kappa shape index (κ2) is 13.6. The molecule has 2 fully saturated rings. The van der Waals surface area contributed by atoms with Crippen molar-refractivity contribution in [2.24, 2.45) is 0 Å². The highest BCUT2D eigenvalue weighted by Crippen LogP contribution is 2.30. The third kappa shape index (κ3) is 6.99. The highest BCUT2D eigenvalue weighted by Gasteiger charge is 2.51. The third-order valence-corrected chi connectivity index (χ3v) is 7.98. The van der Waals surface area contributed by atoms with E-state index in [9.17, 15) is 24.3 Å². The molecular weight excluding hydrogens is 572 g/mol. The molecule has 5 amide bonds. The molecule has 0 unspecified atom stereocenters. The summed E-state index contributed by atoms with van der Waals surface area (Å²) in [5.41, 5.74) is 2.92. The van der Waals surface area contributed by atoms with Gasteiger partial charge in [-0.15, -0.1) is 6.58 Å². The van der Waals surface area contributed by atoms with Crippen molar-refractivity contribution in [2.75, 3.05) is 33.7 Å². The average Bonchev–Trinajstić information content (AvgIpc) is 3.03. The number of nitrogens with zero attached hydrogens (tertiary/aromatic N) is 5. The SMILES string of the molecule is C=CCN1CC(=O)N2[C@@H](Cc3ccc(O)cc3)C(=O)N(Cc3cccc(C(=O)N(C)C)c3)C[C@@H]2N1C(=O)NCc1ccccc1. The molecule has 11 nitrogen and oxygen atoms in total. The topological polar surface area (TPSA) is 117 Å². The second-order valence-corrected chi connectivity index (χ2v) is 11.4. The van der Waals surface area contributed by atoms with E-state index in [2.05, 4.69) is 11.9 Å². The van der Waals surface area contributed by atoms with Gasteiger partial charge in [0.15, 0.2) is 0 Å². The number of nitrogens with one attached hydrogen (secondary N) is 1. The number of phenols is 1. The minimum Gasteiger partial charge on any atom is -0.508 e. The summed E-state index contributed by atoms with van der Waals surface area (Å²) in [5, 5.41) is 16.0. The molecule has 0 saturated carbocycles.